The van der Waals surface area contributed by atoms with E-state index in [0.29, 0.717) is 5.92 Å². The number of aromatic nitrogens is 1. The molecule has 1 aromatic rings. The molecule has 2 rings (SSSR count). The van der Waals surface area contributed by atoms with Crippen molar-refractivity contribution < 1.29 is 17.9 Å². The highest BCUT2D eigenvalue weighted by molar-refractivity contribution is 7.91. The van der Waals surface area contributed by atoms with Gasteiger partial charge in [0, 0.05) is 6.20 Å². The number of carbonyl (C=O) groups excluding carboxylic acids is 1. The normalized spacial score (nSPS) is 15.4. The largest absolute Gasteiger partial charge is 0.464 e. The number of methoxy groups -OCH3 is 1. The van der Waals surface area contributed by atoms with Crippen LogP contribution in [0.1, 0.15) is 41.7 Å². The Hall–Kier alpha value is -1.43. The highest BCUT2D eigenvalue weighted by Crippen LogP contribution is 2.40. The third kappa shape index (κ3) is 2.38. The number of hydrogen-bond donors (Lipinski definition) is 0. The van der Waals surface area contributed by atoms with Gasteiger partial charge in [0.15, 0.2) is 15.5 Å². The molecule has 0 N–H and O–H groups in total. The van der Waals surface area contributed by atoms with Gasteiger partial charge in [-0.05, 0) is 30.4 Å². The third-order valence-corrected chi connectivity index (χ3v) is 4.76. The highest BCUT2D eigenvalue weighted by Gasteiger charge is 2.29. The molecule has 1 heterocycles. The Kier molecular flexibility index (Phi) is 3.38. The van der Waals surface area contributed by atoms with Crippen molar-refractivity contribution in [3.05, 3.63) is 23.5 Å². The van der Waals surface area contributed by atoms with E-state index in [2.05, 4.69) is 9.72 Å². The monoisotopic (exact) mass is 269 g/mol. The number of sulfone groups is 1. The van der Waals surface area contributed by atoms with Gasteiger partial charge in [-0.3, -0.25) is 0 Å². The van der Waals surface area contributed by atoms with E-state index in [1.807, 2.05) is 0 Å². The molecule has 0 unspecified atom stereocenters. The summed E-state index contributed by atoms with van der Waals surface area (Å²) >= 11 is 0. The van der Waals surface area contributed by atoms with Crippen LogP contribution in [0, 0.1) is 0 Å². The van der Waals surface area contributed by atoms with E-state index >= 15 is 0 Å². The third-order valence-electron chi connectivity index (χ3n) is 3.02. The Morgan fingerprint density at radius 2 is 2.17 bits per heavy atom. The summed E-state index contributed by atoms with van der Waals surface area (Å²) in [5.41, 5.74) is 0.762. The summed E-state index contributed by atoms with van der Waals surface area (Å²) < 4.78 is 28.5. The summed E-state index contributed by atoms with van der Waals surface area (Å²) in [6, 6.07) is 1.57. The van der Waals surface area contributed by atoms with Crippen LogP contribution < -0.4 is 0 Å². The molecule has 0 saturated heterocycles. The van der Waals surface area contributed by atoms with E-state index < -0.39 is 15.8 Å². The topological polar surface area (TPSA) is 73.3 Å². The Bertz CT molecular complexity index is 576. The average Bonchev–Trinajstić information content (AvgIpc) is 3.21. The fraction of sp³-hybridized carbons (Fsp3) is 0.500. The van der Waals surface area contributed by atoms with Gasteiger partial charge in [0.25, 0.3) is 0 Å². The van der Waals surface area contributed by atoms with Crippen LogP contribution in [-0.2, 0) is 14.6 Å². The molecule has 1 aromatic heterocycles. The van der Waals surface area contributed by atoms with Crippen molar-refractivity contribution in [2.75, 3.05) is 12.9 Å². The summed E-state index contributed by atoms with van der Waals surface area (Å²) in [6.07, 6.45) is 3.66. The van der Waals surface area contributed by atoms with Gasteiger partial charge < -0.3 is 4.74 Å². The van der Waals surface area contributed by atoms with E-state index in [4.69, 9.17) is 0 Å². The molecule has 0 aromatic carbocycles. The summed E-state index contributed by atoms with van der Waals surface area (Å²) in [7, 11) is -2.27. The lowest BCUT2D eigenvalue weighted by atomic mass is 10.2. The van der Waals surface area contributed by atoms with Gasteiger partial charge in [-0.15, -0.1) is 0 Å². The van der Waals surface area contributed by atoms with E-state index in [-0.39, 0.29) is 16.3 Å². The molecule has 1 aliphatic rings. The number of esters is 1. The average molecular weight is 269 g/mol. The van der Waals surface area contributed by atoms with E-state index in [1.54, 1.807) is 19.2 Å². The first-order valence-electron chi connectivity index (χ1n) is 5.80. The highest BCUT2D eigenvalue weighted by atomic mass is 32.2. The van der Waals surface area contributed by atoms with Crippen molar-refractivity contribution >= 4 is 15.8 Å². The predicted octanol–water partition coefficient (Wildman–Crippen LogP) is 1.54. The Labute approximate surface area is 106 Å². The van der Waals surface area contributed by atoms with Gasteiger partial charge in [0.1, 0.15) is 4.90 Å². The molecule has 1 fully saturated rings. The molecular formula is C12H15NO4S. The van der Waals surface area contributed by atoms with Gasteiger partial charge in [-0.25, -0.2) is 18.2 Å². The molecule has 5 nitrogen and oxygen atoms in total. The molecule has 1 saturated carbocycles. The summed E-state index contributed by atoms with van der Waals surface area (Å²) in [4.78, 5) is 15.5. The predicted molar refractivity (Wildman–Crippen MR) is 65.3 cm³/mol. The second kappa shape index (κ2) is 4.68. The molecule has 98 valence electrons. The maximum atomic E-state index is 12.0. The lowest BCUT2D eigenvalue weighted by Gasteiger charge is -2.08. The van der Waals surface area contributed by atoms with Crippen LogP contribution in [-0.4, -0.2) is 32.2 Å². The lowest BCUT2D eigenvalue weighted by molar-refractivity contribution is 0.0589. The van der Waals surface area contributed by atoms with Crippen LogP contribution in [0.15, 0.2) is 17.2 Å². The van der Waals surface area contributed by atoms with Crippen molar-refractivity contribution in [2.24, 2.45) is 0 Å². The van der Waals surface area contributed by atoms with Gasteiger partial charge in [-0.1, -0.05) is 6.92 Å². The van der Waals surface area contributed by atoms with Crippen LogP contribution in [0.5, 0.6) is 0 Å². The first kappa shape index (κ1) is 13.0. The minimum absolute atomic E-state index is 0.0127. The Morgan fingerprint density at radius 1 is 1.50 bits per heavy atom. The van der Waals surface area contributed by atoms with Crippen molar-refractivity contribution in [1.82, 2.24) is 4.98 Å². The first-order chi connectivity index (χ1) is 8.49. The number of ether oxygens (including phenoxy) is 1. The van der Waals surface area contributed by atoms with Crippen LogP contribution >= 0.6 is 0 Å². The molecule has 0 atom stereocenters. The fourth-order valence-corrected chi connectivity index (χ4v) is 2.80. The number of hydrogen-bond acceptors (Lipinski definition) is 5. The molecular weight excluding hydrogens is 254 g/mol. The minimum Gasteiger partial charge on any atom is -0.464 e. The second-order valence-corrected chi connectivity index (χ2v) is 6.53. The van der Waals surface area contributed by atoms with Crippen molar-refractivity contribution in [1.29, 1.82) is 0 Å². The molecule has 1 aliphatic carbocycles. The lowest BCUT2D eigenvalue weighted by Crippen LogP contribution is -2.14. The van der Waals surface area contributed by atoms with E-state index in [9.17, 15) is 13.2 Å². The van der Waals surface area contributed by atoms with Crippen LogP contribution in [0.2, 0.25) is 0 Å². The van der Waals surface area contributed by atoms with Gasteiger partial charge in [-0.2, -0.15) is 0 Å². The van der Waals surface area contributed by atoms with Gasteiger partial charge in [0.05, 0.1) is 12.9 Å². The summed E-state index contributed by atoms with van der Waals surface area (Å²) in [6.45, 7) is 1.54. The van der Waals surface area contributed by atoms with E-state index in [1.165, 1.54) is 7.11 Å². The van der Waals surface area contributed by atoms with Gasteiger partial charge in [0.2, 0.25) is 0 Å². The zero-order valence-corrected chi connectivity index (χ0v) is 11.2. The Morgan fingerprint density at radius 3 is 2.67 bits per heavy atom. The molecule has 0 amide bonds. The zero-order chi connectivity index (χ0) is 13.3. The second-order valence-electron chi connectivity index (χ2n) is 4.28. The fourth-order valence-electron chi connectivity index (χ4n) is 1.74. The SMILES string of the molecule is CCS(=O)(=O)c1cc(C2CC2)cnc1C(=O)OC. The Balaban J connectivity index is 2.56. The first-order valence-corrected chi connectivity index (χ1v) is 7.46. The quantitative estimate of drug-likeness (QED) is 0.775. The van der Waals surface area contributed by atoms with Crippen molar-refractivity contribution in [2.45, 2.75) is 30.6 Å². The number of pyridine rings is 1. The van der Waals surface area contributed by atoms with Crippen LogP contribution in [0.4, 0.5) is 0 Å². The molecule has 0 radical (unpaired) electrons. The molecule has 6 heteroatoms. The number of carbonyl (C=O) groups is 1. The number of rotatable bonds is 4. The number of nitrogens with zero attached hydrogens (tertiary/aromatic N) is 1. The van der Waals surface area contributed by atoms with Crippen molar-refractivity contribution in [3.8, 4) is 0 Å². The summed E-state index contributed by atoms with van der Waals surface area (Å²) in [5.74, 6) is -0.397. The van der Waals surface area contributed by atoms with Crippen LogP contribution in [0.3, 0.4) is 0 Å². The maximum Gasteiger partial charge on any atom is 0.358 e. The smallest absolute Gasteiger partial charge is 0.358 e. The molecule has 0 aliphatic heterocycles. The zero-order valence-electron chi connectivity index (χ0n) is 10.3. The summed E-state index contributed by atoms with van der Waals surface area (Å²) in [5, 5.41) is 0. The van der Waals surface area contributed by atoms with Crippen molar-refractivity contribution in [3.63, 3.8) is 0 Å². The standard InChI is InChI=1S/C12H15NO4S/c1-3-18(15,16)10-6-9(8-4-5-8)7-13-11(10)12(14)17-2/h6-8H,3-5H2,1-2H3. The molecule has 0 bridgehead atoms. The molecule has 0 spiro atoms. The minimum atomic E-state index is -3.48. The van der Waals surface area contributed by atoms with Crippen LogP contribution in [0.25, 0.3) is 0 Å². The van der Waals surface area contributed by atoms with Gasteiger partial charge >= 0.3 is 5.97 Å². The molecule has 18 heavy (non-hydrogen) atoms. The van der Waals surface area contributed by atoms with E-state index in [0.717, 1.165) is 18.4 Å². The maximum absolute atomic E-state index is 12.0.